The summed E-state index contributed by atoms with van der Waals surface area (Å²) in [5.41, 5.74) is 11.7. The first-order valence-electron chi connectivity index (χ1n) is 9.02. The van der Waals surface area contributed by atoms with Gasteiger partial charge in [-0.2, -0.15) is 5.10 Å². The van der Waals surface area contributed by atoms with E-state index in [1.807, 2.05) is 95.8 Å². The SMILES string of the molecule is Nc1cccc(-c2cnn3cc(-c4ccc(Oc5ccccc5)cc4)[nH]c23)c1. The van der Waals surface area contributed by atoms with E-state index >= 15 is 0 Å². The van der Waals surface area contributed by atoms with Crippen molar-refractivity contribution < 1.29 is 4.74 Å². The van der Waals surface area contributed by atoms with Crippen molar-refractivity contribution in [3.05, 3.63) is 91.3 Å². The van der Waals surface area contributed by atoms with Gasteiger partial charge < -0.3 is 15.5 Å². The Labute approximate surface area is 162 Å². The minimum atomic E-state index is 0.734. The summed E-state index contributed by atoms with van der Waals surface area (Å²) >= 11 is 0. The van der Waals surface area contributed by atoms with Gasteiger partial charge in [-0.15, -0.1) is 0 Å². The number of nitrogens with zero attached hydrogens (tertiary/aromatic N) is 2. The van der Waals surface area contributed by atoms with Crippen molar-refractivity contribution in [1.82, 2.24) is 14.6 Å². The number of hydrogen-bond donors (Lipinski definition) is 2. The molecule has 0 radical (unpaired) electrons. The van der Waals surface area contributed by atoms with Gasteiger partial charge in [0, 0.05) is 11.3 Å². The number of ether oxygens (including phenoxy) is 1. The average Bonchev–Trinajstić information content (AvgIpc) is 3.30. The summed E-state index contributed by atoms with van der Waals surface area (Å²) in [5.74, 6) is 1.62. The molecule has 0 bridgehead atoms. The van der Waals surface area contributed by atoms with Gasteiger partial charge in [-0.1, -0.05) is 30.3 Å². The highest BCUT2D eigenvalue weighted by Crippen LogP contribution is 2.29. The molecular weight excluding hydrogens is 348 g/mol. The number of hydrogen-bond acceptors (Lipinski definition) is 3. The fraction of sp³-hybridized carbons (Fsp3) is 0. The zero-order valence-corrected chi connectivity index (χ0v) is 15.0. The molecule has 0 saturated carbocycles. The molecule has 0 atom stereocenters. The lowest BCUT2D eigenvalue weighted by molar-refractivity contribution is 0.483. The van der Waals surface area contributed by atoms with E-state index in [0.717, 1.165) is 45.2 Å². The second-order valence-electron chi connectivity index (χ2n) is 6.58. The van der Waals surface area contributed by atoms with E-state index in [2.05, 4.69) is 10.1 Å². The van der Waals surface area contributed by atoms with Crippen molar-refractivity contribution in [2.75, 3.05) is 5.73 Å². The fourth-order valence-electron chi connectivity index (χ4n) is 3.26. The summed E-state index contributed by atoms with van der Waals surface area (Å²) in [6.07, 6.45) is 3.83. The van der Waals surface area contributed by atoms with E-state index in [1.165, 1.54) is 0 Å². The number of nitrogens with two attached hydrogens (primary N) is 1. The average molecular weight is 366 g/mol. The van der Waals surface area contributed by atoms with Crippen LogP contribution in [0.3, 0.4) is 0 Å². The van der Waals surface area contributed by atoms with Gasteiger partial charge in [-0.3, -0.25) is 0 Å². The van der Waals surface area contributed by atoms with Gasteiger partial charge in [0.25, 0.3) is 0 Å². The van der Waals surface area contributed by atoms with Gasteiger partial charge in [-0.25, -0.2) is 4.52 Å². The maximum Gasteiger partial charge on any atom is 0.141 e. The van der Waals surface area contributed by atoms with Gasteiger partial charge in [0.2, 0.25) is 0 Å². The molecule has 0 saturated heterocycles. The van der Waals surface area contributed by atoms with E-state index in [9.17, 15) is 0 Å². The number of H-pyrrole nitrogens is 1. The van der Waals surface area contributed by atoms with Gasteiger partial charge in [-0.05, 0) is 59.7 Å². The van der Waals surface area contributed by atoms with Gasteiger partial charge in [0.05, 0.1) is 18.1 Å². The lowest BCUT2D eigenvalue weighted by Crippen LogP contribution is -1.85. The molecule has 0 aliphatic heterocycles. The van der Waals surface area contributed by atoms with Crippen LogP contribution in [0.5, 0.6) is 11.5 Å². The number of nitrogens with one attached hydrogen (secondary N) is 1. The van der Waals surface area contributed by atoms with E-state index < -0.39 is 0 Å². The summed E-state index contributed by atoms with van der Waals surface area (Å²) < 4.78 is 7.71. The molecule has 5 heteroatoms. The second kappa shape index (κ2) is 6.63. The number of para-hydroxylation sites is 1. The number of aromatic amines is 1. The minimum absolute atomic E-state index is 0.734. The second-order valence-corrected chi connectivity index (χ2v) is 6.58. The van der Waals surface area contributed by atoms with E-state index in [-0.39, 0.29) is 0 Å². The van der Waals surface area contributed by atoms with Crippen molar-refractivity contribution in [2.24, 2.45) is 0 Å². The third-order valence-electron chi connectivity index (χ3n) is 4.64. The molecule has 0 amide bonds. The molecule has 0 aliphatic rings. The first kappa shape index (κ1) is 16.2. The lowest BCUT2D eigenvalue weighted by Gasteiger charge is -2.06. The van der Waals surface area contributed by atoms with Crippen LogP contribution >= 0.6 is 0 Å². The van der Waals surface area contributed by atoms with Crippen molar-refractivity contribution in [1.29, 1.82) is 0 Å². The molecule has 2 aromatic heterocycles. The molecule has 2 heterocycles. The zero-order chi connectivity index (χ0) is 18.9. The van der Waals surface area contributed by atoms with Gasteiger partial charge in [0.15, 0.2) is 0 Å². The topological polar surface area (TPSA) is 68.3 Å². The lowest BCUT2D eigenvalue weighted by atomic mass is 10.1. The summed E-state index contributed by atoms with van der Waals surface area (Å²) in [6, 6.07) is 25.5. The molecule has 136 valence electrons. The van der Waals surface area contributed by atoms with Crippen LogP contribution in [0.1, 0.15) is 0 Å². The van der Waals surface area contributed by atoms with Crippen LogP contribution in [0.2, 0.25) is 0 Å². The number of anilines is 1. The van der Waals surface area contributed by atoms with Crippen molar-refractivity contribution >= 4 is 11.3 Å². The maximum atomic E-state index is 5.93. The Morgan fingerprint density at radius 1 is 0.821 bits per heavy atom. The predicted octanol–water partition coefficient (Wildman–Crippen LogP) is 5.37. The molecule has 3 N–H and O–H groups in total. The van der Waals surface area contributed by atoms with E-state index in [4.69, 9.17) is 10.5 Å². The first-order valence-corrected chi connectivity index (χ1v) is 9.02. The smallest absolute Gasteiger partial charge is 0.141 e. The van der Waals surface area contributed by atoms with Crippen molar-refractivity contribution in [3.8, 4) is 33.9 Å². The Kier molecular flexibility index (Phi) is 3.84. The predicted molar refractivity (Wildman–Crippen MR) is 111 cm³/mol. The van der Waals surface area contributed by atoms with Gasteiger partial charge >= 0.3 is 0 Å². The molecule has 3 aromatic carbocycles. The molecule has 0 spiro atoms. The Bertz CT molecular complexity index is 1240. The molecular formula is C23H18N4O. The van der Waals surface area contributed by atoms with Crippen LogP contribution in [0.15, 0.2) is 91.3 Å². The Morgan fingerprint density at radius 2 is 1.61 bits per heavy atom. The number of aromatic nitrogens is 3. The highest BCUT2D eigenvalue weighted by Gasteiger charge is 2.11. The van der Waals surface area contributed by atoms with Crippen LogP contribution in [-0.2, 0) is 0 Å². The van der Waals surface area contributed by atoms with Crippen molar-refractivity contribution in [2.45, 2.75) is 0 Å². The van der Waals surface area contributed by atoms with Crippen molar-refractivity contribution in [3.63, 3.8) is 0 Å². The quantitative estimate of drug-likeness (QED) is 0.420. The summed E-state index contributed by atoms with van der Waals surface area (Å²) in [4.78, 5) is 3.47. The molecule has 5 aromatic rings. The Hall–Kier alpha value is -3.99. The summed E-state index contributed by atoms with van der Waals surface area (Å²) in [6.45, 7) is 0. The molecule has 28 heavy (non-hydrogen) atoms. The number of imidazole rings is 1. The van der Waals surface area contributed by atoms with E-state index in [0.29, 0.717) is 0 Å². The number of fused-ring (bicyclic) bond motifs is 1. The summed E-state index contributed by atoms with van der Waals surface area (Å²) in [5, 5.41) is 4.46. The third-order valence-corrected chi connectivity index (χ3v) is 4.64. The van der Waals surface area contributed by atoms with E-state index in [1.54, 1.807) is 0 Å². The zero-order valence-electron chi connectivity index (χ0n) is 15.0. The first-order chi connectivity index (χ1) is 13.8. The normalized spacial score (nSPS) is 11.0. The monoisotopic (exact) mass is 366 g/mol. The van der Waals surface area contributed by atoms with Crippen LogP contribution in [0, 0.1) is 0 Å². The van der Waals surface area contributed by atoms with Crippen LogP contribution in [-0.4, -0.2) is 14.6 Å². The number of benzene rings is 3. The third kappa shape index (κ3) is 2.99. The highest BCUT2D eigenvalue weighted by atomic mass is 16.5. The molecule has 0 aliphatic carbocycles. The maximum absolute atomic E-state index is 5.93. The van der Waals surface area contributed by atoms with Gasteiger partial charge in [0.1, 0.15) is 17.1 Å². The largest absolute Gasteiger partial charge is 0.457 e. The van der Waals surface area contributed by atoms with Crippen LogP contribution in [0.4, 0.5) is 5.69 Å². The summed E-state index contributed by atoms with van der Waals surface area (Å²) in [7, 11) is 0. The Balaban J connectivity index is 1.45. The number of nitrogen functional groups attached to an aromatic ring is 1. The highest BCUT2D eigenvalue weighted by molar-refractivity contribution is 5.80. The minimum Gasteiger partial charge on any atom is -0.457 e. The molecule has 5 nitrogen and oxygen atoms in total. The Morgan fingerprint density at radius 3 is 2.39 bits per heavy atom. The molecule has 0 unspecified atom stereocenters. The number of rotatable bonds is 4. The van der Waals surface area contributed by atoms with Crippen LogP contribution < -0.4 is 10.5 Å². The fourth-order valence-corrected chi connectivity index (χ4v) is 3.26. The standard InChI is InChI=1S/C23H18N4O/c24-18-6-4-5-17(13-18)21-14-25-27-15-22(26-23(21)27)16-9-11-20(12-10-16)28-19-7-2-1-3-8-19/h1-15,26H,24H2. The van der Waals surface area contributed by atoms with Crippen LogP contribution in [0.25, 0.3) is 28.0 Å². The molecule has 5 rings (SSSR count). The molecule has 0 fully saturated rings.